The molecule has 0 N–H and O–H groups in total. The molecule has 0 fully saturated rings. The summed E-state index contributed by atoms with van der Waals surface area (Å²) in [6.45, 7) is 2.81. The molecule has 0 saturated carbocycles. The van der Waals surface area contributed by atoms with E-state index in [4.69, 9.17) is 0 Å². The molecular weight excluding hydrogens is 433 g/mol. The van der Waals surface area contributed by atoms with E-state index in [1.807, 2.05) is 4.57 Å². The largest absolute Gasteiger partial charge is 0.324 e. The van der Waals surface area contributed by atoms with E-state index < -0.39 is 10.7 Å². The second kappa shape index (κ2) is 9.39. The number of hydrogen-bond acceptors (Lipinski definition) is 7. The van der Waals surface area contributed by atoms with Gasteiger partial charge in [0, 0.05) is 29.6 Å². The number of rotatable bonds is 9. The van der Waals surface area contributed by atoms with Gasteiger partial charge in [0.25, 0.3) is 5.69 Å². The van der Waals surface area contributed by atoms with Crippen molar-refractivity contribution in [1.29, 1.82) is 0 Å². The summed E-state index contributed by atoms with van der Waals surface area (Å²) in [5.74, 6) is -0.485. The van der Waals surface area contributed by atoms with Gasteiger partial charge in [0.15, 0.2) is 11.4 Å². The van der Waals surface area contributed by atoms with Crippen LogP contribution in [0.15, 0.2) is 47.6 Å². The number of nitrogens with zero attached hydrogens (tertiary/aromatic N) is 5. The summed E-state index contributed by atoms with van der Waals surface area (Å²) in [6.07, 6.45) is 3.03. The Bertz CT molecular complexity index is 1310. The monoisotopic (exact) mass is 453 g/mol. The molecule has 0 radical (unpaired) electrons. The van der Waals surface area contributed by atoms with Gasteiger partial charge in [0.2, 0.25) is 5.16 Å². The standard InChI is InChI=1S/C22H20FN5O3S/c1-2-3-4-11-27-18-10-9-16(28(30)31)12-17(18)20-21(27)24-22(26-25-20)32-13-19(29)14-5-7-15(23)8-6-14/h5-10,12H,2-4,11,13H2,1H3. The lowest BCUT2D eigenvalue weighted by Crippen LogP contribution is -2.05. The van der Waals surface area contributed by atoms with E-state index >= 15 is 0 Å². The molecule has 0 unspecified atom stereocenters. The average molecular weight is 453 g/mol. The van der Waals surface area contributed by atoms with Gasteiger partial charge in [-0.05, 0) is 36.8 Å². The van der Waals surface area contributed by atoms with E-state index in [1.54, 1.807) is 6.07 Å². The Hall–Kier alpha value is -3.40. The van der Waals surface area contributed by atoms with Crippen LogP contribution in [0.2, 0.25) is 0 Å². The van der Waals surface area contributed by atoms with Crippen LogP contribution >= 0.6 is 11.8 Å². The molecule has 0 amide bonds. The fourth-order valence-electron chi connectivity index (χ4n) is 3.50. The van der Waals surface area contributed by atoms with Gasteiger partial charge in [0.1, 0.15) is 11.3 Å². The van der Waals surface area contributed by atoms with Crippen molar-refractivity contribution in [3.05, 3.63) is 64.0 Å². The SMILES string of the molecule is CCCCCn1c2ccc([N+](=O)[O-])cc2c2nnc(SCC(=O)c3ccc(F)cc3)nc21. The minimum atomic E-state index is -0.439. The zero-order valence-electron chi connectivity index (χ0n) is 17.3. The van der Waals surface area contributed by atoms with Crippen LogP contribution in [0.3, 0.4) is 0 Å². The number of nitro groups is 1. The summed E-state index contributed by atoms with van der Waals surface area (Å²) in [6, 6.07) is 10.1. The van der Waals surface area contributed by atoms with Crippen LogP contribution in [0.4, 0.5) is 10.1 Å². The minimum absolute atomic E-state index is 0.0183. The fourth-order valence-corrected chi connectivity index (χ4v) is 4.18. The molecule has 2 heterocycles. The molecule has 0 aliphatic carbocycles. The van der Waals surface area contributed by atoms with Crippen molar-refractivity contribution >= 4 is 45.3 Å². The van der Waals surface area contributed by atoms with Crippen molar-refractivity contribution in [2.45, 2.75) is 37.9 Å². The lowest BCUT2D eigenvalue weighted by Gasteiger charge is -2.06. The fraction of sp³-hybridized carbons (Fsp3) is 0.273. The van der Waals surface area contributed by atoms with Crippen LogP contribution in [0, 0.1) is 15.9 Å². The zero-order chi connectivity index (χ0) is 22.7. The van der Waals surface area contributed by atoms with Gasteiger partial charge >= 0.3 is 0 Å². The number of hydrogen-bond donors (Lipinski definition) is 0. The van der Waals surface area contributed by atoms with Crippen LogP contribution in [-0.2, 0) is 6.54 Å². The first-order valence-electron chi connectivity index (χ1n) is 10.2. The number of aryl methyl sites for hydroxylation is 1. The second-order valence-electron chi connectivity index (χ2n) is 7.30. The molecule has 10 heteroatoms. The molecule has 4 aromatic rings. The number of non-ortho nitro benzene ring substituents is 1. The molecule has 4 rings (SSSR count). The van der Waals surface area contributed by atoms with Gasteiger partial charge in [-0.15, -0.1) is 10.2 Å². The highest BCUT2D eigenvalue weighted by molar-refractivity contribution is 7.99. The summed E-state index contributed by atoms with van der Waals surface area (Å²) in [4.78, 5) is 27.8. The number of carbonyl (C=O) groups excluding carboxylic acids is 1. The molecule has 0 bridgehead atoms. The molecule has 0 aliphatic heterocycles. The van der Waals surface area contributed by atoms with E-state index in [-0.39, 0.29) is 17.2 Å². The summed E-state index contributed by atoms with van der Waals surface area (Å²) >= 11 is 1.15. The van der Waals surface area contributed by atoms with Gasteiger partial charge in [-0.3, -0.25) is 14.9 Å². The molecule has 0 atom stereocenters. The van der Waals surface area contributed by atoms with Crippen molar-refractivity contribution in [2.75, 3.05) is 5.75 Å². The van der Waals surface area contributed by atoms with Crippen molar-refractivity contribution in [3.8, 4) is 0 Å². The van der Waals surface area contributed by atoms with Crippen molar-refractivity contribution in [2.24, 2.45) is 0 Å². The highest BCUT2D eigenvalue weighted by Crippen LogP contribution is 2.30. The molecule has 0 aliphatic rings. The van der Waals surface area contributed by atoms with Gasteiger partial charge in [0.05, 0.1) is 16.2 Å². The van der Waals surface area contributed by atoms with Gasteiger partial charge in [-0.2, -0.15) is 0 Å². The minimum Gasteiger partial charge on any atom is -0.324 e. The van der Waals surface area contributed by atoms with Gasteiger partial charge in [-0.1, -0.05) is 31.5 Å². The molecule has 164 valence electrons. The topological polar surface area (TPSA) is 104 Å². The van der Waals surface area contributed by atoms with E-state index in [0.29, 0.717) is 33.8 Å². The number of ketones is 1. The number of unbranched alkanes of at least 4 members (excludes halogenated alkanes) is 2. The predicted molar refractivity (Wildman–Crippen MR) is 120 cm³/mol. The number of nitro benzene ring substituents is 1. The maximum Gasteiger partial charge on any atom is 0.270 e. The number of fused-ring (bicyclic) bond motifs is 3. The maximum atomic E-state index is 13.1. The van der Waals surface area contributed by atoms with E-state index in [2.05, 4.69) is 22.1 Å². The van der Waals surface area contributed by atoms with E-state index in [9.17, 15) is 19.3 Å². The number of thioether (sulfide) groups is 1. The van der Waals surface area contributed by atoms with Crippen molar-refractivity contribution in [3.63, 3.8) is 0 Å². The summed E-state index contributed by atoms with van der Waals surface area (Å²) in [7, 11) is 0. The van der Waals surface area contributed by atoms with Gasteiger partial charge < -0.3 is 4.57 Å². The first kappa shape index (κ1) is 21.8. The van der Waals surface area contributed by atoms with Crippen LogP contribution < -0.4 is 0 Å². The van der Waals surface area contributed by atoms with Crippen LogP contribution in [0.5, 0.6) is 0 Å². The van der Waals surface area contributed by atoms with Crippen LogP contribution in [0.1, 0.15) is 36.5 Å². The normalized spacial score (nSPS) is 11.3. The maximum absolute atomic E-state index is 13.1. The number of benzene rings is 2. The Labute approximate surface area is 187 Å². The van der Waals surface area contributed by atoms with E-state index in [1.165, 1.54) is 36.4 Å². The highest BCUT2D eigenvalue weighted by Gasteiger charge is 2.18. The highest BCUT2D eigenvalue weighted by atomic mass is 32.2. The smallest absolute Gasteiger partial charge is 0.270 e. The third-order valence-electron chi connectivity index (χ3n) is 5.13. The van der Waals surface area contributed by atoms with Crippen LogP contribution in [-0.4, -0.2) is 36.2 Å². The Kier molecular flexibility index (Phi) is 6.40. The quantitative estimate of drug-likeness (QED) is 0.113. The number of carbonyl (C=O) groups is 1. The Balaban J connectivity index is 1.67. The third-order valence-corrected chi connectivity index (χ3v) is 5.96. The first-order chi connectivity index (χ1) is 15.5. The number of Topliss-reactive ketones (excluding diaryl/α,β-unsaturated/α-hetero) is 1. The number of halogens is 1. The Morgan fingerprint density at radius 2 is 1.94 bits per heavy atom. The second-order valence-corrected chi connectivity index (χ2v) is 8.25. The average Bonchev–Trinajstić information content (AvgIpc) is 3.10. The third kappa shape index (κ3) is 4.45. The lowest BCUT2D eigenvalue weighted by atomic mass is 10.1. The Morgan fingerprint density at radius 1 is 1.16 bits per heavy atom. The van der Waals surface area contributed by atoms with E-state index in [0.717, 1.165) is 36.5 Å². The molecule has 0 spiro atoms. The Morgan fingerprint density at radius 3 is 2.66 bits per heavy atom. The lowest BCUT2D eigenvalue weighted by molar-refractivity contribution is -0.384. The molecule has 8 nitrogen and oxygen atoms in total. The molecule has 2 aromatic carbocycles. The molecule has 0 saturated heterocycles. The molecule has 2 aromatic heterocycles. The van der Waals surface area contributed by atoms with Crippen molar-refractivity contribution < 1.29 is 14.1 Å². The predicted octanol–water partition coefficient (Wildman–Crippen LogP) is 5.19. The van der Waals surface area contributed by atoms with Crippen LogP contribution in [0.25, 0.3) is 22.1 Å². The molecular formula is C22H20FN5O3S. The zero-order valence-corrected chi connectivity index (χ0v) is 18.1. The first-order valence-corrected chi connectivity index (χ1v) is 11.2. The molecule has 32 heavy (non-hydrogen) atoms. The summed E-state index contributed by atoms with van der Waals surface area (Å²) < 4.78 is 15.1. The van der Waals surface area contributed by atoms with Gasteiger partial charge in [-0.25, -0.2) is 9.37 Å². The summed E-state index contributed by atoms with van der Waals surface area (Å²) in [5.41, 5.74) is 2.29. The van der Waals surface area contributed by atoms with Crippen molar-refractivity contribution in [1.82, 2.24) is 19.7 Å². The summed E-state index contributed by atoms with van der Waals surface area (Å²) in [5, 5.41) is 20.6. The number of aromatic nitrogens is 4.